The standard InChI is InChI=1S/C21H24FN7O3S/c1-11-10-31-12(2)9-29(11)20-25-17(16-8-24-19(23)33-16)26-21(27-20)32-15-6-5-13(7-14(15)22)18(30)28(3)4/h5-8,11-12H,9-10H2,1-4H3,(H2,23,24)/t11-,12?/m0/s1. The Morgan fingerprint density at radius 3 is 2.76 bits per heavy atom. The van der Waals surface area contributed by atoms with Crippen LogP contribution >= 0.6 is 11.3 Å². The second kappa shape index (κ2) is 9.24. The molecule has 1 aliphatic heterocycles. The van der Waals surface area contributed by atoms with Crippen molar-refractivity contribution >= 4 is 28.3 Å². The number of carbonyl (C=O) groups is 1. The molecule has 12 heteroatoms. The van der Waals surface area contributed by atoms with E-state index in [1.54, 1.807) is 20.3 Å². The molecule has 1 aromatic carbocycles. The Balaban J connectivity index is 1.71. The van der Waals surface area contributed by atoms with E-state index in [9.17, 15) is 9.18 Å². The largest absolute Gasteiger partial charge is 0.421 e. The molecule has 174 valence electrons. The second-order valence-corrected chi connectivity index (χ2v) is 8.96. The molecule has 0 aliphatic carbocycles. The van der Waals surface area contributed by atoms with Crippen LogP contribution in [-0.4, -0.2) is 70.1 Å². The maximum absolute atomic E-state index is 14.7. The van der Waals surface area contributed by atoms with E-state index in [2.05, 4.69) is 19.9 Å². The van der Waals surface area contributed by atoms with Crippen LogP contribution < -0.4 is 15.4 Å². The Bertz CT molecular complexity index is 1170. The third-order valence-electron chi connectivity index (χ3n) is 5.00. The van der Waals surface area contributed by atoms with Gasteiger partial charge in [0.05, 0.1) is 29.8 Å². The SMILES string of the molecule is CC1CN(c2nc(Oc3ccc(C(=O)N(C)C)cc3F)nc(-c3cnc(N)s3)n2)[C@@H](C)CO1. The molecule has 1 saturated heterocycles. The molecule has 0 bridgehead atoms. The molecule has 0 spiro atoms. The maximum atomic E-state index is 14.7. The molecule has 1 unspecified atom stereocenters. The van der Waals surface area contributed by atoms with Gasteiger partial charge in [-0.3, -0.25) is 4.79 Å². The summed E-state index contributed by atoms with van der Waals surface area (Å²) in [5.41, 5.74) is 5.98. The van der Waals surface area contributed by atoms with Gasteiger partial charge < -0.3 is 25.0 Å². The summed E-state index contributed by atoms with van der Waals surface area (Å²) in [5.74, 6) is -0.439. The number of rotatable bonds is 5. The van der Waals surface area contributed by atoms with Crippen molar-refractivity contribution in [2.24, 2.45) is 0 Å². The fourth-order valence-corrected chi connectivity index (χ4v) is 3.89. The highest BCUT2D eigenvalue weighted by Crippen LogP contribution is 2.30. The van der Waals surface area contributed by atoms with Crippen LogP contribution in [0.2, 0.25) is 0 Å². The van der Waals surface area contributed by atoms with Gasteiger partial charge in [-0.25, -0.2) is 9.37 Å². The maximum Gasteiger partial charge on any atom is 0.327 e. The molecule has 33 heavy (non-hydrogen) atoms. The van der Waals surface area contributed by atoms with Gasteiger partial charge in [0.15, 0.2) is 22.5 Å². The molecule has 1 fully saturated rings. The van der Waals surface area contributed by atoms with Crippen molar-refractivity contribution in [1.82, 2.24) is 24.8 Å². The molecule has 2 N–H and O–H groups in total. The first kappa shape index (κ1) is 22.8. The number of halogens is 1. The van der Waals surface area contributed by atoms with Crippen LogP contribution in [0.15, 0.2) is 24.4 Å². The van der Waals surface area contributed by atoms with Gasteiger partial charge in [0, 0.05) is 26.2 Å². The summed E-state index contributed by atoms with van der Waals surface area (Å²) in [6, 6.07) is 3.91. The number of carbonyl (C=O) groups excluding carboxylic acids is 1. The Morgan fingerprint density at radius 2 is 2.09 bits per heavy atom. The number of hydrogen-bond acceptors (Lipinski definition) is 10. The molecular weight excluding hydrogens is 449 g/mol. The number of benzene rings is 1. The molecule has 4 rings (SSSR count). The summed E-state index contributed by atoms with van der Waals surface area (Å²) in [6.45, 7) is 5.06. The summed E-state index contributed by atoms with van der Waals surface area (Å²) in [7, 11) is 3.19. The minimum Gasteiger partial charge on any atom is -0.421 e. The first-order valence-electron chi connectivity index (χ1n) is 10.3. The summed E-state index contributed by atoms with van der Waals surface area (Å²) >= 11 is 1.22. The topological polar surface area (TPSA) is 120 Å². The van der Waals surface area contributed by atoms with Gasteiger partial charge in [0.25, 0.3) is 5.91 Å². The van der Waals surface area contributed by atoms with Crippen LogP contribution in [0.5, 0.6) is 11.8 Å². The predicted molar refractivity (Wildman–Crippen MR) is 122 cm³/mol. The van der Waals surface area contributed by atoms with Crippen molar-refractivity contribution in [3.8, 4) is 22.5 Å². The summed E-state index contributed by atoms with van der Waals surface area (Å²) in [5, 5.41) is 0.370. The van der Waals surface area contributed by atoms with Crippen LogP contribution in [-0.2, 0) is 4.74 Å². The molecule has 2 aromatic heterocycles. The van der Waals surface area contributed by atoms with Gasteiger partial charge >= 0.3 is 6.01 Å². The van der Waals surface area contributed by atoms with Gasteiger partial charge in [0.1, 0.15) is 0 Å². The van der Waals surface area contributed by atoms with Crippen LogP contribution in [0.25, 0.3) is 10.7 Å². The zero-order valence-corrected chi connectivity index (χ0v) is 19.5. The Morgan fingerprint density at radius 1 is 1.30 bits per heavy atom. The van der Waals surface area contributed by atoms with E-state index >= 15 is 0 Å². The van der Waals surface area contributed by atoms with E-state index in [-0.39, 0.29) is 35.4 Å². The molecule has 3 aromatic rings. The van der Waals surface area contributed by atoms with Crippen molar-refractivity contribution in [3.63, 3.8) is 0 Å². The summed E-state index contributed by atoms with van der Waals surface area (Å²) < 4.78 is 26.1. The fourth-order valence-electron chi connectivity index (χ4n) is 3.28. The number of nitrogens with zero attached hydrogens (tertiary/aromatic N) is 6. The number of morpholine rings is 1. The molecular formula is C21H24FN7O3S. The van der Waals surface area contributed by atoms with E-state index in [0.717, 1.165) is 6.07 Å². The van der Waals surface area contributed by atoms with E-state index in [1.807, 2.05) is 18.7 Å². The molecule has 1 aliphatic rings. The van der Waals surface area contributed by atoms with Gasteiger partial charge in [-0.1, -0.05) is 11.3 Å². The molecule has 2 atom stereocenters. The van der Waals surface area contributed by atoms with E-state index in [4.69, 9.17) is 15.2 Å². The lowest BCUT2D eigenvalue weighted by atomic mass is 10.2. The number of nitrogens with two attached hydrogens (primary N) is 1. The number of hydrogen-bond donors (Lipinski definition) is 1. The van der Waals surface area contributed by atoms with Crippen molar-refractivity contribution in [2.45, 2.75) is 26.0 Å². The zero-order chi connectivity index (χ0) is 23.7. The van der Waals surface area contributed by atoms with Crippen molar-refractivity contribution in [2.75, 3.05) is 37.9 Å². The highest BCUT2D eigenvalue weighted by molar-refractivity contribution is 7.18. The summed E-state index contributed by atoms with van der Waals surface area (Å²) in [6.07, 6.45) is 1.56. The molecule has 3 heterocycles. The first-order valence-corrected chi connectivity index (χ1v) is 11.1. The average molecular weight is 474 g/mol. The fraction of sp³-hybridized carbons (Fsp3) is 0.381. The lowest BCUT2D eigenvalue weighted by molar-refractivity contribution is 0.0336. The third-order valence-corrected chi connectivity index (χ3v) is 5.82. The number of ether oxygens (including phenoxy) is 2. The smallest absolute Gasteiger partial charge is 0.327 e. The number of aromatic nitrogens is 4. The lowest BCUT2D eigenvalue weighted by Gasteiger charge is -2.36. The van der Waals surface area contributed by atoms with Gasteiger partial charge in [-0.15, -0.1) is 0 Å². The van der Waals surface area contributed by atoms with E-state index in [1.165, 1.54) is 28.4 Å². The normalized spacial score (nSPS) is 18.3. The summed E-state index contributed by atoms with van der Waals surface area (Å²) in [4.78, 5) is 33.5. The van der Waals surface area contributed by atoms with Gasteiger partial charge in [0.2, 0.25) is 5.95 Å². The number of thiazole rings is 1. The van der Waals surface area contributed by atoms with Crippen LogP contribution in [0.4, 0.5) is 15.5 Å². The lowest BCUT2D eigenvalue weighted by Crippen LogP contribution is -2.48. The van der Waals surface area contributed by atoms with Crippen molar-refractivity contribution in [3.05, 3.63) is 35.8 Å². The van der Waals surface area contributed by atoms with Crippen LogP contribution in [0.1, 0.15) is 24.2 Å². The average Bonchev–Trinajstić information content (AvgIpc) is 3.22. The number of nitrogen functional groups attached to an aromatic ring is 1. The molecule has 0 radical (unpaired) electrons. The molecule has 10 nitrogen and oxygen atoms in total. The second-order valence-electron chi connectivity index (χ2n) is 7.90. The first-order chi connectivity index (χ1) is 15.7. The Kier molecular flexibility index (Phi) is 6.38. The van der Waals surface area contributed by atoms with Crippen LogP contribution in [0, 0.1) is 5.82 Å². The van der Waals surface area contributed by atoms with E-state index < -0.39 is 5.82 Å². The minimum atomic E-state index is -0.707. The van der Waals surface area contributed by atoms with Crippen molar-refractivity contribution < 1.29 is 18.7 Å². The zero-order valence-electron chi connectivity index (χ0n) is 18.6. The number of anilines is 2. The Labute approximate surface area is 194 Å². The monoisotopic (exact) mass is 473 g/mol. The van der Waals surface area contributed by atoms with E-state index in [0.29, 0.717) is 34.9 Å². The minimum absolute atomic E-state index is 0.0101. The quantitative estimate of drug-likeness (QED) is 0.596. The highest BCUT2D eigenvalue weighted by atomic mass is 32.1. The molecule has 0 saturated carbocycles. The predicted octanol–water partition coefficient (Wildman–Crippen LogP) is 2.82. The van der Waals surface area contributed by atoms with Gasteiger partial charge in [-0.05, 0) is 32.0 Å². The van der Waals surface area contributed by atoms with Crippen LogP contribution in [0.3, 0.4) is 0 Å². The highest BCUT2D eigenvalue weighted by Gasteiger charge is 2.27. The van der Waals surface area contributed by atoms with Gasteiger partial charge in [-0.2, -0.15) is 15.0 Å². The Hall–Kier alpha value is -3.38. The third kappa shape index (κ3) is 5.01. The number of amides is 1. The van der Waals surface area contributed by atoms with Crippen molar-refractivity contribution in [1.29, 1.82) is 0 Å². The molecule has 1 amide bonds.